The average Bonchev–Trinajstić information content (AvgIpc) is 3.23. The molecule has 0 bridgehead atoms. The van der Waals surface area contributed by atoms with E-state index in [0.29, 0.717) is 0 Å². The van der Waals surface area contributed by atoms with Gasteiger partial charge in [-0.3, -0.25) is 4.79 Å². The van der Waals surface area contributed by atoms with Gasteiger partial charge in [-0.15, -0.1) is 0 Å². The van der Waals surface area contributed by atoms with Crippen LogP contribution in [0.25, 0.3) is 11.0 Å². The van der Waals surface area contributed by atoms with Crippen LogP contribution in [0.3, 0.4) is 0 Å². The second-order valence-electron chi connectivity index (χ2n) is 8.43. The van der Waals surface area contributed by atoms with E-state index >= 15 is 0 Å². The summed E-state index contributed by atoms with van der Waals surface area (Å²) in [6.07, 6.45) is 2.98. The number of rotatable bonds is 4. The highest BCUT2D eigenvalue weighted by molar-refractivity contribution is 5.94. The Morgan fingerprint density at radius 2 is 1.84 bits per heavy atom. The van der Waals surface area contributed by atoms with Crippen LogP contribution in [0.15, 0.2) is 48.5 Å². The first-order chi connectivity index (χ1) is 15.2. The van der Waals surface area contributed by atoms with Crippen molar-refractivity contribution >= 4 is 22.6 Å². The molecule has 6 nitrogen and oxygen atoms in total. The molecule has 0 saturated carbocycles. The number of imidazole rings is 1. The van der Waals surface area contributed by atoms with Crippen LogP contribution in [-0.4, -0.2) is 59.8 Å². The van der Waals surface area contributed by atoms with Crippen molar-refractivity contribution in [1.29, 1.82) is 0 Å². The highest BCUT2D eigenvalue weighted by Crippen LogP contribution is 2.29. The molecule has 0 N–H and O–H groups in total. The fourth-order valence-electron chi connectivity index (χ4n) is 4.92. The van der Waals surface area contributed by atoms with E-state index in [-0.39, 0.29) is 11.9 Å². The number of carbonyl (C=O) groups is 1. The topological polar surface area (TPSA) is 50.6 Å². The van der Waals surface area contributed by atoms with E-state index in [1.807, 2.05) is 23.1 Å². The van der Waals surface area contributed by atoms with E-state index in [0.717, 1.165) is 81.2 Å². The van der Waals surface area contributed by atoms with Gasteiger partial charge in [0.1, 0.15) is 5.82 Å². The maximum Gasteiger partial charge on any atom is 0.253 e. The summed E-state index contributed by atoms with van der Waals surface area (Å²) in [4.78, 5) is 22.5. The largest absolute Gasteiger partial charge is 0.378 e. The van der Waals surface area contributed by atoms with Crippen LogP contribution in [0.2, 0.25) is 0 Å². The number of hydrogen-bond acceptors (Lipinski definition) is 4. The number of ether oxygens (including phenoxy) is 1. The number of carbonyl (C=O) groups excluding carboxylic acids is 1. The Bertz CT molecular complexity index is 1050. The molecule has 1 atom stereocenters. The number of likely N-dealkylation sites (tertiary alicyclic amines) is 1. The molecule has 2 saturated heterocycles. The normalized spacial score (nSPS) is 19.7. The number of morpholine rings is 1. The van der Waals surface area contributed by atoms with Crippen LogP contribution in [0.5, 0.6) is 0 Å². The second-order valence-corrected chi connectivity index (χ2v) is 8.43. The van der Waals surface area contributed by atoms with Crippen molar-refractivity contribution in [3.63, 3.8) is 0 Å². The summed E-state index contributed by atoms with van der Waals surface area (Å²) in [5, 5.41) is 0. The standard InChI is InChI=1S/C25H30N4O2/c1-2-24-26-22-7-3-4-8-23(22)29(24)21-6-5-13-28(18-21)25(30)19-9-11-20(12-10-19)27-14-16-31-17-15-27/h3-4,7-12,21H,2,5-6,13-18H2,1H3. The predicted octanol–water partition coefficient (Wildman–Crippen LogP) is 3.91. The Balaban J connectivity index is 1.34. The molecule has 1 amide bonds. The van der Waals surface area contributed by atoms with E-state index in [4.69, 9.17) is 9.72 Å². The lowest BCUT2D eigenvalue weighted by Gasteiger charge is -2.34. The van der Waals surface area contributed by atoms with Crippen molar-refractivity contribution in [3.8, 4) is 0 Å². The second kappa shape index (κ2) is 8.71. The number of amides is 1. The third-order valence-corrected chi connectivity index (χ3v) is 6.52. The monoisotopic (exact) mass is 418 g/mol. The molecule has 6 heteroatoms. The zero-order valence-corrected chi connectivity index (χ0v) is 18.2. The summed E-state index contributed by atoms with van der Waals surface area (Å²) in [5.74, 6) is 1.23. The molecule has 1 unspecified atom stereocenters. The Kier molecular flexibility index (Phi) is 5.64. The molecule has 2 aliphatic heterocycles. The van der Waals surface area contributed by atoms with Gasteiger partial charge in [0.15, 0.2) is 0 Å². The van der Waals surface area contributed by atoms with Gasteiger partial charge in [0.05, 0.1) is 30.3 Å². The summed E-state index contributed by atoms with van der Waals surface area (Å²) < 4.78 is 7.81. The Morgan fingerprint density at radius 3 is 2.61 bits per heavy atom. The van der Waals surface area contributed by atoms with Gasteiger partial charge in [0, 0.05) is 43.9 Å². The third kappa shape index (κ3) is 3.92. The summed E-state index contributed by atoms with van der Waals surface area (Å²) in [6.45, 7) is 7.03. The van der Waals surface area contributed by atoms with Crippen molar-refractivity contribution in [2.75, 3.05) is 44.3 Å². The molecule has 1 aromatic heterocycles. The number of aromatic nitrogens is 2. The fraction of sp³-hybridized carbons (Fsp3) is 0.440. The van der Waals surface area contributed by atoms with Crippen molar-refractivity contribution in [2.24, 2.45) is 0 Å². The number of anilines is 1. The predicted molar refractivity (Wildman–Crippen MR) is 123 cm³/mol. The Hall–Kier alpha value is -2.86. The number of hydrogen-bond donors (Lipinski definition) is 0. The Morgan fingerprint density at radius 1 is 1.06 bits per heavy atom. The highest BCUT2D eigenvalue weighted by atomic mass is 16.5. The molecular formula is C25H30N4O2. The van der Waals surface area contributed by atoms with Crippen LogP contribution < -0.4 is 4.90 Å². The van der Waals surface area contributed by atoms with Gasteiger partial charge in [0.2, 0.25) is 0 Å². The van der Waals surface area contributed by atoms with Crippen molar-refractivity contribution in [1.82, 2.24) is 14.5 Å². The summed E-state index contributed by atoms with van der Waals surface area (Å²) in [6, 6.07) is 16.7. The lowest BCUT2D eigenvalue weighted by atomic mass is 10.0. The van der Waals surface area contributed by atoms with Crippen molar-refractivity contribution in [2.45, 2.75) is 32.2 Å². The molecule has 3 aromatic rings. The molecule has 2 fully saturated rings. The summed E-state index contributed by atoms with van der Waals surface area (Å²) in [5.41, 5.74) is 4.15. The minimum absolute atomic E-state index is 0.126. The fourth-order valence-corrected chi connectivity index (χ4v) is 4.92. The van der Waals surface area contributed by atoms with Gasteiger partial charge in [-0.2, -0.15) is 0 Å². The van der Waals surface area contributed by atoms with E-state index in [1.54, 1.807) is 0 Å². The number of benzene rings is 2. The SMILES string of the molecule is CCc1nc2ccccc2n1C1CCCN(C(=O)c2ccc(N3CCOCC3)cc2)C1. The van der Waals surface area contributed by atoms with Gasteiger partial charge >= 0.3 is 0 Å². The summed E-state index contributed by atoms with van der Waals surface area (Å²) >= 11 is 0. The maximum absolute atomic E-state index is 13.3. The van der Waals surface area contributed by atoms with Gasteiger partial charge in [-0.1, -0.05) is 19.1 Å². The summed E-state index contributed by atoms with van der Waals surface area (Å²) in [7, 11) is 0. The van der Waals surface area contributed by atoms with Crippen molar-refractivity contribution < 1.29 is 9.53 Å². The van der Waals surface area contributed by atoms with E-state index in [9.17, 15) is 4.79 Å². The third-order valence-electron chi connectivity index (χ3n) is 6.52. The van der Waals surface area contributed by atoms with Gasteiger partial charge in [-0.05, 0) is 49.2 Å². The first-order valence-corrected chi connectivity index (χ1v) is 11.4. The molecule has 162 valence electrons. The van der Waals surface area contributed by atoms with Crippen LogP contribution >= 0.6 is 0 Å². The molecule has 2 aromatic carbocycles. The minimum atomic E-state index is 0.126. The van der Waals surface area contributed by atoms with Crippen molar-refractivity contribution in [3.05, 3.63) is 59.9 Å². The first-order valence-electron chi connectivity index (χ1n) is 11.4. The van der Waals surface area contributed by atoms with E-state index < -0.39 is 0 Å². The van der Waals surface area contributed by atoms with Crippen LogP contribution in [0.1, 0.15) is 42.0 Å². The van der Waals surface area contributed by atoms with E-state index in [1.165, 1.54) is 5.52 Å². The quantitative estimate of drug-likeness (QED) is 0.645. The molecule has 5 rings (SSSR count). The molecular weight excluding hydrogens is 388 g/mol. The molecule has 3 heterocycles. The number of aryl methyl sites for hydroxylation is 1. The van der Waals surface area contributed by atoms with E-state index in [2.05, 4.69) is 46.7 Å². The van der Waals surface area contributed by atoms with Crippen LogP contribution in [0, 0.1) is 0 Å². The smallest absolute Gasteiger partial charge is 0.253 e. The van der Waals surface area contributed by atoms with Crippen LogP contribution in [-0.2, 0) is 11.2 Å². The number of para-hydroxylation sites is 2. The number of nitrogens with zero attached hydrogens (tertiary/aromatic N) is 4. The van der Waals surface area contributed by atoms with Gasteiger partial charge < -0.3 is 19.1 Å². The lowest BCUT2D eigenvalue weighted by molar-refractivity contribution is 0.0680. The minimum Gasteiger partial charge on any atom is -0.378 e. The Labute approximate surface area is 183 Å². The van der Waals surface area contributed by atoms with Gasteiger partial charge in [-0.25, -0.2) is 4.98 Å². The zero-order valence-electron chi connectivity index (χ0n) is 18.2. The zero-order chi connectivity index (χ0) is 21.2. The average molecular weight is 419 g/mol. The number of piperidine rings is 1. The lowest BCUT2D eigenvalue weighted by Crippen LogP contribution is -2.41. The molecule has 0 aliphatic carbocycles. The molecule has 2 aliphatic rings. The van der Waals surface area contributed by atoms with Gasteiger partial charge in [0.25, 0.3) is 5.91 Å². The number of fused-ring (bicyclic) bond motifs is 1. The maximum atomic E-state index is 13.3. The molecule has 31 heavy (non-hydrogen) atoms. The highest BCUT2D eigenvalue weighted by Gasteiger charge is 2.28. The van der Waals surface area contributed by atoms with Crippen LogP contribution in [0.4, 0.5) is 5.69 Å². The molecule has 0 radical (unpaired) electrons. The first kappa shape index (κ1) is 20.1. The molecule has 0 spiro atoms.